The highest BCUT2D eigenvalue weighted by atomic mass is 16.7. The number of ether oxygens (including phenoxy) is 2. The first-order valence-corrected chi connectivity index (χ1v) is 4.48. The van der Waals surface area contributed by atoms with Crippen molar-refractivity contribution in [2.24, 2.45) is 0 Å². The van der Waals surface area contributed by atoms with Gasteiger partial charge in [0, 0.05) is 0 Å². The fourth-order valence-electron chi connectivity index (χ4n) is 1.13. The third-order valence-corrected chi connectivity index (χ3v) is 2.03. The highest BCUT2D eigenvalue weighted by Crippen LogP contribution is 2.16. The molecule has 1 aliphatic heterocycles. The van der Waals surface area contributed by atoms with Gasteiger partial charge in [-0.2, -0.15) is 0 Å². The molecule has 1 aliphatic rings. The van der Waals surface area contributed by atoms with Gasteiger partial charge in [0.2, 0.25) is 12.2 Å². The average molecular weight is 264 g/mol. The van der Waals surface area contributed by atoms with Crippen molar-refractivity contribution in [3.63, 3.8) is 0 Å². The number of cyclic esters (lactones) is 2. The van der Waals surface area contributed by atoms with Gasteiger partial charge in [-0.25, -0.2) is 19.2 Å². The number of rotatable bonds is 4. The molecule has 10 nitrogen and oxygen atoms in total. The zero-order valence-electron chi connectivity index (χ0n) is 8.55. The molecule has 0 bridgehead atoms. The van der Waals surface area contributed by atoms with Crippen molar-refractivity contribution < 1.29 is 49.1 Å². The maximum Gasteiger partial charge on any atom is 0.351 e. The van der Waals surface area contributed by atoms with Gasteiger partial charge in [0.15, 0.2) is 12.2 Å². The van der Waals surface area contributed by atoms with Crippen LogP contribution in [0.5, 0.6) is 0 Å². The molecular formula is C8H8O10. The Morgan fingerprint density at radius 2 is 1.17 bits per heavy atom. The molecule has 0 saturated carbocycles. The van der Waals surface area contributed by atoms with Gasteiger partial charge in [-0.05, 0) is 0 Å². The van der Waals surface area contributed by atoms with E-state index in [2.05, 4.69) is 9.47 Å². The number of carboxylic acids is 2. The normalized spacial score (nSPS) is 26.8. The Morgan fingerprint density at radius 3 is 1.39 bits per heavy atom. The Morgan fingerprint density at radius 1 is 0.889 bits per heavy atom. The van der Waals surface area contributed by atoms with Crippen LogP contribution in [0.1, 0.15) is 0 Å². The molecule has 18 heavy (non-hydrogen) atoms. The van der Waals surface area contributed by atoms with Crippen LogP contribution in [0.25, 0.3) is 0 Å². The van der Waals surface area contributed by atoms with Crippen molar-refractivity contribution in [3.05, 3.63) is 0 Å². The zero-order valence-corrected chi connectivity index (χ0v) is 8.55. The topological polar surface area (TPSA) is 168 Å². The lowest BCUT2D eigenvalue weighted by Crippen LogP contribution is -2.56. The van der Waals surface area contributed by atoms with E-state index in [1.165, 1.54) is 0 Å². The van der Waals surface area contributed by atoms with Crippen molar-refractivity contribution in [1.82, 2.24) is 0 Å². The molecule has 1 saturated heterocycles. The Labute approximate surface area is 98.3 Å². The van der Waals surface area contributed by atoms with Crippen LogP contribution in [0.3, 0.4) is 0 Å². The van der Waals surface area contributed by atoms with Crippen LogP contribution < -0.4 is 0 Å². The first kappa shape index (κ1) is 13.9. The smallest absolute Gasteiger partial charge is 0.351 e. The molecule has 10 heteroatoms. The number of hydrogen-bond donors (Lipinski definition) is 4. The minimum Gasteiger partial charge on any atom is -0.479 e. The van der Waals surface area contributed by atoms with Crippen molar-refractivity contribution in [1.29, 1.82) is 0 Å². The van der Waals surface area contributed by atoms with Crippen LogP contribution in [0.4, 0.5) is 0 Å². The maximum atomic E-state index is 11.2. The van der Waals surface area contributed by atoms with Crippen molar-refractivity contribution in [2.75, 3.05) is 0 Å². The summed E-state index contributed by atoms with van der Waals surface area (Å²) in [5, 5.41) is 34.9. The van der Waals surface area contributed by atoms with E-state index in [0.717, 1.165) is 0 Å². The number of esters is 2. The van der Waals surface area contributed by atoms with Gasteiger partial charge in [-0.15, -0.1) is 0 Å². The minimum atomic E-state index is -2.34. The molecule has 0 spiro atoms. The van der Waals surface area contributed by atoms with Crippen LogP contribution in [0.15, 0.2) is 0 Å². The standard InChI is InChI=1S/C8H8O10/c9-1(5(11)12)3-7(15)18-4(8(16)17-3)2(10)6(13)14/h1-4,9-10H,(H,11,12)(H,13,14)/t1-,2+,3-,4-/m0/s1. The summed E-state index contributed by atoms with van der Waals surface area (Å²) in [4.78, 5) is 43.2. The lowest BCUT2D eigenvalue weighted by molar-refractivity contribution is -0.213. The van der Waals surface area contributed by atoms with Gasteiger partial charge < -0.3 is 29.9 Å². The Hall–Kier alpha value is -2.20. The predicted molar refractivity (Wildman–Crippen MR) is 47.0 cm³/mol. The van der Waals surface area contributed by atoms with Crippen LogP contribution in [0.2, 0.25) is 0 Å². The Bertz CT molecular complexity index is 363. The zero-order chi connectivity index (χ0) is 14.0. The number of aliphatic hydroxyl groups is 2. The molecule has 4 atom stereocenters. The molecule has 0 radical (unpaired) electrons. The number of aliphatic carboxylic acids is 2. The molecule has 0 aromatic carbocycles. The molecule has 1 heterocycles. The molecule has 0 aromatic rings. The molecule has 0 aromatic heterocycles. The Kier molecular flexibility index (Phi) is 3.83. The summed E-state index contributed by atoms with van der Waals surface area (Å²) in [6.07, 6.45) is -8.90. The summed E-state index contributed by atoms with van der Waals surface area (Å²) in [5.41, 5.74) is 0. The van der Waals surface area contributed by atoms with E-state index in [9.17, 15) is 19.2 Å². The maximum absolute atomic E-state index is 11.2. The first-order valence-electron chi connectivity index (χ1n) is 4.48. The van der Waals surface area contributed by atoms with E-state index in [1.807, 2.05) is 0 Å². The third kappa shape index (κ3) is 2.55. The second-order valence-electron chi connectivity index (χ2n) is 3.28. The summed E-state index contributed by atoms with van der Waals surface area (Å²) in [6, 6.07) is 0. The summed E-state index contributed by atoms with van der Waals surface area (Å²) in [5.74, 6) is -6.59. The number of carbonyl (C=O) groups is 4. The molecule has 1 fully saturated rings. The molecule has 100 valence electrons. The summed E-state index contributed by atoms with van der Waals surface area (Å²) in [7, 11) is 0. The van der Waals surface area contributed by atoms with E-state index in [1.54, 1.807) is 0 Å². The number of aliphatic hydroxyl groups excluding tert-OH is 2. The SMILES string of the molecule is O=C(O)[C@@H](O)[C@@H]1OC(=O)[C@H]([C@@H](O)C(=O)O)OC1=O. The fourth-order valence-corrected chi connectivity index (χ4v) is 1.13. The monoisotopic (exact) mass is 264 g/mol. The van der Waals surface area contributed by atoms with E-state index in [-0.39, 0.29) is 0 Å². The van der Waals surface area contributed by atoms with Gasteiger partial charge in [0.1, 0.15) is 0 Å². The first-order chi connectivity index (χ1) is 8.25. The highest BCUT2D eigenvalue weighted by Gasteiger charge is 2.48. The van der Waals surface area contributed by atoms with Crippen molar-refractivity contribution in [3.8, 4) is 0 Å². The summed E-state index contributed by atoms with van der Waals surface area (Å²) >= 11 is 0. The predicted octanol–water partition coefficient (Wildman–Crippen LogP) is -3.29. The molecule has 1 rings (SSSR count). The van der Waals surface area contributed by atoms with E-state index < -0.39 is 48.3 Å². The molecule has 0 unspecified atom stereocenters. The van der Waals surface area contributed by atoms with Crippen molar-refractivity contribution >= 4 is 23.9 Å². The molecule has 4 N–H and O–H groups in total. The van der Waals surface area contributed by atoms with Crippen LogP contribution in [-0.2, 0) is 28.7 Å². The van der Waals surface area contributed by atoms with Gasteiger partial charge in [-0.1, -0.05) is 0 Å². The number of carbonyl (C=O) groups excluding carboxylic acids is 2. The van der Waals surface area contributed by atoms with E-state index in [0.29, 0.717) is 0 Å². The van der Waals surface area contributed by atoms with Gasteiger partial charge in [-0.3, -0.25) is 0 Å². The van der Waals surface area contributed by atoms with Crippen LogP contribution >= 0.6 is 0 Å². The second-order valence-corrected chi connectivity index (χ2v) is 3.28. The summed E-state index contributed by atoms with van der Waals surface area (Å²) in [6.45, 7) is 0. The highest BCUT2D eigenvalue weighted by molar-refractivity contribution is 5.94. The molecule has 0 aliphatic carbocycles. The average Bonchev–Trinajstić information content (AvgIpc) is 2.29. The number of carboxylic acid groups (broad SMARTS) is 2. The van der Waals surface area contributed by atoms with Crippen molar-refractivity contribution in [2.45, 2.75) is 24.4 Å². The molecular weight excluding hydrogens is 256 g/mol. The second kappa shape index (κ2) is 4.98. The van der Waals surface area contributed by atoms with E-state index in [4.69, 9.17) is 20.4 Å². The Balaban J connectivity index is 2.83. The summed E-state index contributed by atoms with van der Waals surface area (Å²) < 4.78 is 8.48. The quantitative estimate of drug-likeness (QED) is 0.377. The van der Waals surface area contributed by atoms with E-state index >= 15 is 0 Å². The number of hydrogen-bond acceptors (Lipinski definition) is 8. The van der Waals surface area contributed by atoms with Gasteiger partial charge in [0.05, 0.1) is 0 Å². The van der Waals surface area contributed by atoms with Gasteiger partial charge >= 0.3 is 23.9 Å². The third-order valence-electron chi connectivity index (χ3n) is 2.03. The molecule has 0 amide bonds. The van der Waals surface area contributed by atoms with Gasteiger partial charge in [0.25, 0.3) is 0 Å². The minimum absolute atomic E-state index is 1.46. The van der Waals surface area contributed by atoms with Crippen LogP contribution in [0, 0.1) is 0 Å². The van der Waals surface area contributed by atoms with Crippen LogP contribution in [-0.4, -0.2) is 68.7 Å². The lowest BCUT2D eigenvalue weighted by atomic mass is 10.1. The lowest BCUT2D eigenvalue weighted by Gasteiger charge is -2.29. The largest absolute Gasteiger partial charge is 0.479 e. The fraction of sp³-hybridized carbons (Fsp3) is 0.500.